The van der Waals surface area contributed by atoms with Crippen LogP contribution in [0.15, 0.2) is 0 Å². The molecule has 0 aromatic rings. The topological polar surface area (TPSA) is 80.3 Å². The molecule has 42 heavy (non-hydrogen) atoms. The molecule has 0 bridgehead atoms. The Morgan fingerprint density at radius 3 is 0.857 bits per heavy atom. The predicted octanol–water partition coefficient (Wildman–Crippen LogP) is 10.4. The van der Waals surface area contributed by atoms with Gasteiger partial charge in [0.1, 0.15) is 0 Å². The molecule has 0 spiro atoms. The van der Waals surface area contributed by atoms with Gasteiger partial charge in [0.05, 0.1) is 0 Å². The van der Waals surface area contributed by atoms with Gasteiger partial charge in [0.15, 0.2) is 0 Å². The number of carboxylic acid groups (broad SMARTS) is 2. The Morgan fingerprint density at radius 1 is 0.381 bits per heavy atom. The number of rotatable bonds is 35. The van der Waals surface area contributed by atoms with E-state index in [-0.39, 0.29) is 6.42 Å². The second-order valence-electron chi connectivity index (χ2n) is 13.5. The van der Waals surface area contributed by atoms with Crippen LogP contribution in [0.3, 0.4) is 0 Å². The molecular weight excluding hydrogens is 520 g/mol. The third kappa shape index (κ3) is 26.6. The van der Waals surface area contributed by atoms with Crippen LogP contribution >= 0.6 is 0 Å². The van der Waals surface area contributed by atoms with Crippen LogP contribution in [0.25, 0.3) is 0 Å². The minimum Gasteiger partial charge on any atom is -0.550 e. The average molecular weight is 593 g/mol. The molecule has 0 aromatic heterocycles. The van der Waals surface area contributed by atoms with E-state index in [1.54, 1.807) is 0 Å². The molecule has 0 aliphatic heterocycles. The standard InChI is InChI=1S/C38H74O4/c1-3-5-7-9-11-13-15-17-19-21-25-29-33-38(37(41)42,35-31-27-23-24-28-32-36(39)40)34-30-26-22-20-18-16-14-12-10-8-6-4-2/h3-35H2,1-2H3,(H,39,40)(H,41,42)/p-2. The summed E-state index contributed by atoms with van der Waals surface area (Å²) in [4.78, 5) is 23.2. The second kappa shape index (κ2) is 31.4. The zero-order valence-electron chi connectivity index (χ0n) is 28.5. The molecule has 0 aliphatic carbocycles. The molecule has 0 saturated carbocycles. The quantitative estimate of drug-likeness (QED) is 0.0686. The van der Waals surface area contributed by atoms with E-state index in [0.717, 1.165) is 64.2 Å². The lowest BCUT2D eigenvalue weighted by molar-refractivity contribution is -0.321. The fraction of sp³-hybridized carbons (Fsp3) is 0.947. The number of unbranched alkanes of at least 4 members (excludes halogenated alkanes) is 26. The summed E-state index contributed by atoms with van der Waals surface area (Å²) >= 11 is 0. The molecule has 0 aliphatic rings. The van der Waals surface area contributed by atoms with E-state index in [4.69, 9.17) is 0 Å². The third-order valence-corrected chi connectivity index (χ3v) is 9.49. The van der Waals surface area contributed by atoms with Crippen LogP contribution < -0.4 is 10.2 Å². The maximum Gasteiger partial charge on any atom is 0.0476 e. The third-order valence-electron chi connectivity index (χ3n) is 9.49. The van der Waals surface area contributed by atoms with Gasteiger partial charge >= 0.3 is 0 Å². The minimum atomic E-state index is -0.976. The number of carbonyl (C=O) groups excluding carboxylic acids is 2. The number of hydrogen-bond acceptors (Lipinski definition) is 4. The molecule has 0 atom stereocenters. The van der Waals surface area contributed by atoms with Crippen molar-refractivity contribution in [1.82, 2.24) is 0 Å². The SMILES string of the molecule is CCCCCCCCCCCCCCC(CCCCCCCCCCCCCC)(CCCCCCCC(=O)[O-])C(=O)[O-]. The van der Waals surface area contributed by atoms with Crippen molar-refractivity contribution in [2.24, 2.45) is 5.41 Å². The Balaban J connectivity index is 4.36. The van der Waals surface area contributed by atoms with E-state index in [1.165, 1.54) is 128 Å². The van der Waals surface area contributed by atoms with Crippen molar-refractivity contribution < 1.29 is 19.8 Å². The Morgan fingerprint density at radius 2 is 0.619 bits per heavy atom. The van der Waals surface area contributed by atoms with Crippen molar-refractivity contribution in [1.29, 1.82) is 0 Å². The molecule has 0 unspecified atom stereocenters. The van der Waals surface area contributed by atoms with E-state index in [1.807, 2.05) is 0 Å². The van der Waals surface area contributed by atoms with Crippen molar-refractivity contribution in [2.45, 2.75) is 226 Å². The fourth-order valence-electron chi connectivity index (χ4n) is 6.55. The number of hydrogen-bond donors (Lipinski definition) is 0. The molecule has 4 nitrogen and oxygen atoms in total. The van der Waals surface area contributed by atoms with Gasteiger partial charge in [0.25, 0.3) is 0 Å². The highest BCUT2D eigenvalue weighted by atomic mass is 16.4. The number of aliphatic carboxylic acids is 2. The largest absolute Gasteiger partial charge is 0.550 e. The molecule has 0 heterocycles. The molecule has 250 valence electrons. The summed E-state index contributed by atoms with van der Waals surface area (Å²) in [5.74, 6) is -1.80. The summed E-state index contributed by atoms with van der Waals surface area (Å²) in [7, 11) is 0. The van der Waals surface area contributed by atoms with Gasteiger partial charge in [-0.15, -0.1) is 0 Å². The summed E-state index contributed by atoms with van der Waals surface area (Å²) in [6.07, 6.45) is 37.7. The van der Waals surface area contributed by atoms with Gasteiger partial charge in [0.2, 0.25) is 0 Å². The van der Waals surface area contributed by atoms with Crippen molar-refractivity contribution in [3.05, 3.63) is 0 Å². The highest BCUT2D eigenvalue weighted by Crippen LogP contribution is 2.37. The minimum absolute atomic E-state index is 0.126. The van der Waals surface area contributed by atoms with Gasteiger partial charge < -0.3 is 19.8 Å². The van der Waals surface area contributed by atoms with Crippen LogP contribution in [-0.4, -0.2) is 11.9 Å². The van der Waals surface area contributed by atoms with Crippen molar-refractivity contribution in [3.8, 4) is 0 Å². The molecule has 0 fully saturated rings. The van der Waals surface area contributed by atoms with Gasteiger partial charge in [-0.05, 0) is 32.1 Å². The Hall–Kier alpha value is -1.06. The highest BCUT2D eigenvalue weighted by Gasteiger charge is 2.30. The molecule has 4 heteroatoms. The molecule has 0 rings (SSSR count). The Bertz CT molecular complexity index is 560. The molecule has 0 amide bonds. The van der Waals surface area contributed by atoms with Crippen LogP contribution in [0.1, 0.15) is 226 Å². The average Bonchev–Trinajstić information content (AvgIpc) is 2.97. The molecular formula is C38H72O4-2. The van der Waals surface area contributed by atoms with Gasteiger partial charge in [0, 0.05) is 17.4 Å². The Kier molecular flexibility index (Phi) is 30.6. The van der Waals surface area contributed by atoms with Crippen molar-refractivity contribution in [3.63, 3.8) is 0 Å². The lowest BCUT2D eigenvalue weighted by Gasteiger charge is -2.35. The monoisotopic (exact) mass is 593 g/mol. The maximum absolute atomic E-state index is 12.5. The van der Waals surface area contributed by atoms with Gasteiger partial charge in [-0.25, -0.2) is 0 Å². The summed E-state index contributed by atoms with van der Waals surface area (Å²) in [5.41, 5.74) is -0.679. The first-order valence-electron chi connectivity index (χ1n) is 18.9. The van der Waals surface area contributed by atoms with Crippen LogP contribution in [0.4, 0.5) is 0 Å². The summed E-state index contributed by atoms with van der Waals surface area (Å²) in [6, 6.07) is 0. The van der Waals surface area contributed by atoms with Crippen LogP contribution in [0.2, 0.25) is 0 Å². The van der Waals surface area contributed by atoms with Crippen LogP contribution in [0.5, 0.6) is 0 Å². The zero-order valence-corrected chi connectivity index (χ0v) is 28.5. The first-order valence-corrected chi connectivity index (χ1v) is 18.9. The van der Waals surface area contributed by atoms with Gasteiger partial charge in [-0.3, -0.25) is 0 Å². The fourth-order valence-corrected chi connectivity index (χ4v) is 6.55. The van der Waals surface area contributed by atoms with E-state index >= 15 is 0 Å². The van der Waals surface area contributed by atoms with Crippen LogP contribution in [-0.2, 0) is 9.59 Å². The normalized spacial score (nSPS) is 11.8. The molecule has 0 saturated heterocycles. The lowest BCUT2D eigenvalue weighted by atomic mass is 9.74. The second-order valence-corrected chi connectivity index (χ2v) is 13.5. The highest BCUT2D eigenvalue weighted by molar-refractivity contribution is 5.72. The first-order chi connectivity index (χ1) is 20.5. The summed E-state index contributed by atoms with van der Waals surface area (Å²) in [5, 5.41) is 23.2. The van der Waals surface area contributed by atoms with Crippen molar-refractivity contribution in [2.75, 3.05) is 0 Å². The lowest BCUT2D eigenvalue weighted by Crippen LogP contribution is -2.42. The van der Waals surface area contributed by atoms with E-state index < -0.39 is 17.4 Å². The Labute approximate surface area is 262 Å². The zero-order chi connectivity index (χ0) is 31.0. The smallest absolute Gasteiger partial charge is 0.0476 e. The predicted molar refractivity (Wildman–Crippen MR) is 176 cm³/mol. The molecule has 0 N–H and O–H groups in total. The molecule has 0 aromatic carbocycles. The summed E-state index contributed by atoms with van der Waals surface area (Å²) in [6.45, 7) is 4.53. The van der Waals surface area contributed by atoms with Gasteiger partial charge in [-0.1, -0.05) is 194 Å². The van der Waals surface area contributed by atoms with Crippen molar-refractivity contribution >= 4 is 11.9 Å². The molecule has 0 radical (unpaired) electrons. The number of carbonyl (C=O) groups is 2. The van der Waals surface area contributed by atoms with Crippen LogP contribution in [0, 0.1) is 5.41 Å². The first kappa shape index (κ1) is 40.9. The van der Waals surface area contributed by atoms with E-state index in [0.29, 0.717) is 12.8 Å². The van der Waals surface area contributed by atoms with E-state index in [2.05, 4.69) is 13.8 Å². The van der Waals surface area contributed by atoms with E-state index in [9.17, 15) is 19.8 Å². The number of carboxylic acids is 2. The van der Waals surface area contributed by atoms with Gasteiger partial charge in [-0.2, -0.15) is 0 Å². The summed E-state index contributed by atoms with van der Waals surface area (Å²) < 4.78 is 0. The maximum atomic E-state index is 12.5.